The van der Waals surface area contributed by atoms with E-state index < -0.39 is 11.9 Å². The first-order valence-electron chi connectivity index (χ1n) is 10.6. The monoisotopic (exact) mass is 490 g/mol. The van der Waals surface area contributed by atoms with Gasteiger partial charge in [-0.15, -0.1) is 11.3 Å². The molecule has 0 radical (unpaired) electrons. The highest BCUT2D eigenvalue weighted by atomic mass is 35.5. The van der Waals surface area contributed by atoms with Crippen molar-refractivity contribution in [3.8, 4) is 0 Å². The lowest BCUT2D eigenvalue weighted by molar-refractivity contribution is 0.0696. The number of benzene rings is 3. The van der Waals surface area contributed by atoms with Gasteiger partial charge in [0, 0.05) is 17.0 Å². The Morgan fingerprint density at radius 2 is 1.65 bits per heavy atom. The van der Waals surface area contributed by atoms with Gasteiger partial charge in [-0.25, -0.2) is 4.79 Å². The van der Waals surface area contributed by atoms with Gasteiger partial charge in [0.1, 0.15) is 5.00 Å². The molecule has 1 aromatic heterocycles. The zero-order chi connectivity index (χ0) is 23.8. The van der Waals surface area contributed by atoms with Gasteiger partial charge in [-0.05, 0) is 41.0 Å². The number of halogens is 1. The molecule has 1 aliphatic heterocycles. The number of carboxylic acids is 1. The van der Waals surface area contributed by atoms with Crippen molar-refractivity contribution in [2.24, 2.45) is 0 Å². The lowest BCUT2D eigenvalue weighted by Gasteiger charge is -2.27. The lowest BCUT2D eigenvalue weighted by atomic mass is 10.00. The van der Waals surface area contributed by atoms with E-state index in [1.165, 1.54) is 11.3 Å². The van der Waals surface area contributed by atoms with Crippen molar-refractivity contribution in [1.82, 2.24) is 4.90 Å². The highest BCUT2D eigenvalue weighted by molar-refractivity contribution is 7.17. The molecule has 0 aliphatic carbocycles. The van der Waals surface area contributed by atoms with Crippen molar-refractivity contribution in [2.75, 3.05) is 11.9 Å². The molecule has 0 atom stereocenters. The third-order valence-electron chi connectivity index (χ3n) is 5.92. The molecular weight excluding hydrogens is 472 g/mol. The van der Waals surface area contributed by atoms with Gasteiger partial charge in [-0.3, -0.25) is 9.59 Å². The zero-order valence-electron chi connectivity index (χ0n) is 17.9. The summed E-state index contributed by atoms with van der Waals surface area (Å²) in [5.74, 6) is -1.69. The molecule has 0 unspecified atom stereocenters. The quantitative estimate of drug-likeness (QED) is 0.384. The Balaban J connectivity index is 1.45. The number of hydrogen-bond acceptors (Lipinski definition) is 4. The van der Waals surface area contributed by atoms with Crippen molar-refractivity contribution < 1.29 is 19.5 Å². The smallest absolute Gasteiger partial charge is 0.339 e. The van der Waals surface area contributed by atoms with Crippen molar-refractivity contribution in [1.29, 1.82) is 0 Å². The third-order valence-corrected chi connectivity index (χ3v) is 7.39. The summed E-state index contributed by atoms with van der Waals surface area (Å²) in [4.78, 5) is 40.7. The number of nitrogens with one attached hydrogen (secondary N) is 1. The second-order valence-electron chi connectivity index (χ2n) is 7.95. The molecule has 3 aromatic carbocycles. The fourth-order valence-electron chi connectivity index (χ4n) is 4.29. The standard InChI is InChI=1S/C26H19ClN2O4S/c27-20-11-4-3-9-18(20)23(30)28-24-22(26(32)33)19-12-13-29(14-21(19)34-24)25(31)17-10-5-7-15-6-1-2-8-16(15)17/h1-11H,12-14H2,(H,28,30)(H,32,33). The molecule has 2 amide bonds. The Morgan fingerprint density at radius 3 is 2.44 bits per heavy atom. The van der Waals surface area contributed by atoms with Gasteiger partial charge in [-0.1, -0.05) is 60.1 Å². The molecule has 0 saturated heterocycles. The van der Waals surface area contributed by atoms with E-state index in [2.05, 4.69) is 5.32 Å². The average Bonchev–Trinajstić information content (AvgIpc) is 3.20. The van der Waals surface area contributed by atoms with Gasteiger partial charge >= 0.3 is 5.97 Å². The maximum Gasteiger partial charge on any atom is 0.339 e. The second kappa shape index (κ2) is 8.93. The van der Waals surface area contributed by atoms with Gasteiger partial charge < -0.3 is 15.3 Å². The highest BCUT2D eigenvalue weighted by Crippen LogP contribution is 2.38. The first-order valence-corrected chi connectivity index (χ1v) is 11.8. The van der Waals surface area contributed by atoms with Crippen LogP contribution in [0.1, 0.15) is 41.5 Å². The van der Waals surface area contributed by atoms with Crippen LogP contribution in [0.25, 0.3) is 10.8 Å². The number of amides is 2. The minimum absolute atomic E-state index is 0.0812. The van der Waals surface area contributed by atoms with E-state index >= 15 is 0 Å². The lowest BCUT2D eigenvalue weighted by Crippen LogP contribution is -2.35. The van der Waals surface area contributed by atoms with Gasteiger partial charge in [0.2, 0.25) is 0 Å². The number of fused-ring (bicyclic) bond motifs is 2. The number of anilines is 1. The van der Waals surface area contributed by atoms with E-state index in [4.69, 9.17) is 11.6 Å². The molecular formula is C26H19ClN2O4S. The maximum atomic E-state index is 13.4. The van der Waals surface area contributed by atoms with Crippen LogP contribution in [0.4, 0.5) is 5.00 Å². The van der Waals surface area contributed by atoms with Crippen molar-refractivity contribution >= 4 is 56.5 Å². The Labute approximate surface area is 204 Å². The van der Waals surface area contributed by atoms with Crippen molar-refractivity contribution in [2.45, 2.75) is 13.0 Å². The largest absolute Gasteiger partial charge is 0.478 e. The average molecular weight is 491 g/mol. The molecule has 170 valence electrons. The molecule has 5 rings (SSSR count). The predicted molar refractivity (Wildman–Crippen MR) is 133 cm³/mol. The SMILES string of the molecule is O=C(Nc1sc2c(c1C(=O)O)CCN(C(=O)c1cccc3ccccc13)C2)c1ccccc1Cl. The molecule has 34 heavy (non-hydrogen) atoms. The molecule has 8 heteroatoms. The van der Waals surface area contributed by atoms with Crippen LogP contribution in [0.3, 0.4) is 0 Å². The molecule has 2 N–H and O–H groups in total. The molecule has 0 spiro atoms. The summed E-state index contributed by atoms with van der Waals surface area (Å²) in [5.41, 5.74) is 1.62. The minimum Gasteiger partial charge on any atom is -0.478 e. The number of nitrogens with zero attached hydrogens (tertiary/aromatic N) is 1. The summed E-state index contributed by atoms with van der Waals surface area (Å²) < 4.78 is 0. The molecule has 1 aliphatic rings. The minimum atomic E-state index is -1.11. The topological polar surface area (TPSA) is 86.7 Å². The number of thiophene rings is 1. The number of carbonyl (C=O) groups excluding carboxylic acids is 2. The van der Waals surface area contributed by atoms with Gasteiger partial charge in [0.15, 0.2) is 0 Å². The van der Waals surface area contributed by atoms with Gasteiger partial charge in [-0.2, -0.15) is 0 Å². The van der Waals surface area contributed by atoms with Gasteiger partial charge in [0.25, 0.3) is 11.8 Å². The number of hydrogen-bond donors (Lipinski definition) is 2. The van der Waals surface area contributed by atoms with Crippen molar-refractivity contribution in [3.05, 3.63) is 98.9 Å². The number of carbonyl (C=O) groups is 3. The van der Waals surface area contributed by atoms with Crippen LogP contribution in [0, 0.1) is 0 Å². The van der Waals surface area contributed by atoms with Crippen LogP contribution < -0.4 is 5.32 Å². The summed E-state index contributed by atoms with van der Waals surface area (Å²) in [5, 5.41) is 15.0. The Hall–Kier alpha value is -3.68. The fourth-order valence-corrected chi connectivity index (χ4v) is 5.76. The van der Waals surface area contributed by atoms with E-state index in [1.54, 1.807) is 29.2 Å². The maximum absolute atomic E-state index is 13.4. The molecule has 6 nitrogen and oxygen atoms in total. The molecule has 0 bridgehead atoms. The third kappa shape index (κ3) is 3.93. The van der Waals surface area contributed by atoms with Crippen LogP contribution >= 0.6 is 22.9 Å². The number of rotatable bonds is 4. The van der Waals surface area contributed by atoms with E-state index in [1.807, 2.05) is 42.5 Å². The summed E-state index contributed by atoms with van der Waals surface area (Å²) in [6.07, 6.45) is 0.395. The molecule has 0 fully saturated rings. The van der Waals surface area contributed by atoms with E-state index in [9.17, 15) is 19.5 Å². The predicted octanol–water partition coefficient (Wildman–Crippen LogP) is 5.70. The first kappa shape index (κ1) is 22.1. The summed E-state index contributed by atoms with van der Waals surface area (Å²) in [6.45, 7) is 0.675. The van der Waals surface area contributed by atoms with Crippen LogP contribution in [0.5, 0.6) is 0 Å². The Morgan fingerprint density at radius 1 is 0.941 bits per heavy atom. The van der Waals surface area contributed by atoms with Crippen LogP contribution in [-0.4, -0.2) is 34.3 Å². The highest BCUT2D eigenvalue weighted by Gasteiger charge is 2.31. The molecule has 0 saturated carbocycles. The summed E-state index contributed by atoms with van der Waals surface area (Å²) in [7, 11) is 0. The zero-order valence-corrected chi connectivity index (χ0v) is 19.4. The second-order valence-corrected chi connectivity index (χ2v) is 9.46. The number of aromatic carboxylic acids is 1. The van der Waals surface area contributed by atoms with Crippen LogP contribution in [-0.2, 0) is 13.0 Å². The molecule has 2 heterocycles. The van der Waals surface area contributed by atoms with Crippen LogP contribution in [0.15, 0.2) is 66.7 Å². The van der Waals surface area contributed by atoms with Gasteiger partial charge in [0.05, 0.1) is 22.7 Å². The van der Waals surface area contributed by atoms with E-state index in [0.717, 1.165) is 15.6 Å². The molecule has 4 aromatic rings. The number of carboxylic acid groups (broad SMARTS) is 1. The Bertz CT molecular complexity index is 1460. The normalized spacial score (nSPS) is 12.9. The summed E-state index contributed by atoms with van der Waals surface area (Å²) in [6, 6.07) is 19.9. The summed E-state index contributed by atoms with van der Waals surface area (Å²) >= 11 is 7.31. The van der Waals surface area contributed by atoms with E-state index in [0.29, 0.717) is 24.1 Å². The first-order chi connectivity index (χ1) is 16.4. The van der Waals surface area contributed by atoms with Crippen molar-refractivity contribution in [3.63, 3.8) is 0 Å². The fraction of sp³-hybridized carbons (Fsp3) is 0.115. The van der Waals surface area contributed by atoms with Crippen LogP contribution in [0.2, 0.25) is 5.02 Å². The van der Waals surface area contributed by atoms with E-state index in [-0.39, 0.29) is 33.6 Å². The Kier molecular flexibility index (Phi) is 5.81.